The highest BCUT2D eigenvalue weighted by Gasteiger charge is 2.47. The Kier molecular flexibility index (Phi) is 7.60. The molecule has 1 saturated heterocycles. The topological polar surface area (TPSA) is 88.5 Å². The number of nitrogens with zero attached hydrogens (tertiary/aromatic N) is 2. The lowest BCUT2D eigenvalue weighted by Crippen LogP contribution is -2.32. The number of benzene rings is 2. The van der Waals surface area contributed by atoms with E-state index in [1.165, 1.54) is 26.2 Å². The van der Waals surface area contributed by atoms with Gasteiger partial charge in [0.25, 0.3) is 11.7 Å². The van der Waals surface area contributed by atoms with Crippen LogP contribution in [0.2, 0.25) is 0 Å². The number of likely N-dealkylation sites (tertiary alicyclic amines) is 1. The summed E-state index contributed by atoms with van der Waals surface area (Å²) in [5.41, 5.74) is 0.947. The van der Waals surface area contributed by atoms with E-state index in [1.807, 2.05) is 19.0 Å². The SMILES string of the molecule is COc1cccc(/C(O)=C2\C(=O)C(=O)N(CCCN(C)C)[C@H]2c2cc(OC)ccc2OC)c1. The van der Waals surface area contributed by atoms with Crippen LogP contribution in [-0.4, -0.2) is 75.1 Å². The summed E-state index contributed by atoms with van der Waals surface area (Å²) >= 11 is 0. The minimum Gasteiger partial charge on any atom is -0.507 e. The van der Waals surface area contributed by atoms with Crippen molar-refractivity contribution in [2.45, 2.75) is 12.5 Å². The summed E-state index contributed by atoms with van der Waals surface area (Å²) in [6.45, 7) is 1.07. The fraction of sp³-hybridized carbons (Fsp3) is 0.360. The molecule has 1 atom stereocenters. The molecular formula is C25H30N2O6. The predicted molar refractivity (Wildman–Crippen MR) is 125 cm³/mol. The average Bonchev–Trinajstić information content (AvgIpc) is 3.07. The van der Waals surface area contributed by atoms with Gasteiger partial charge in [-0.05, 0) is 57.4 Å². The lowest BCUT2D eigenvalue weighted by atomic mass is 9.94. The maximum Gasteiger partial charge on any atom is 0.295 e. The molecule has 1 amide bonds. The van der Waals surface area contributed by atoms with Gasteiger partial charge in [0.1, 0.15) is 23.0 Å². The van der Waals surface area contributed by atoms with Crippen molar-refractivity contribution in [3.8, 4) is 17.2 Å². The lowest BCUT2D eigenvalue weighted by molar-refractivity contribution is -0.140. The molecule has 1 aliphatic rings. The molecule has 1 fully saturated rings. The molecule has 3 rings (SSSR count). The van der Waals surface area contributed by atoms with Gasteiger partial charge in [-0.15, -0.1) is 0 Å². The number of hydrogen-bond donors (Lipinski definition) is 1. The average molecular weight is 455 g/mol. The number of ketones is 1. The predicted octanol–water partition coefficient (Wildman–Crippen LogP) is 3.09. The first kappa shape index (κ1) is 24.1. The van der Waals surface area contributed by atoms with Crippen LogP contribution in [0.5, 0.6) is 17.2 Å². The Labute approximate surface area is 194 Å². The van der Waals surface area contributed by atoms with E-state index < -0.39 is 17.7 Å². The number of aliphatic hydroxyl groups is 1. The molecule has 2 aromatic carbocycles. The van der Waals surface area contributed by atoms with Crippen LogP contribution in [0.15, 0.2) is 48.0 Å². The minimum atomic E-state index is -0.830. The lowest BCUT2D eigenvalue weighted by Gasteiger charge is -2.27. The number of aliphatic hydroxyl groups excluding tert-OH is 1. The zero-order valence-corrected chi connectivity index (χ0v) is 19.6. The third-order valence-corrected chi connectivity index (χ3v) is 5.62. The van der Waals surface area contributed by atoms with Gasteiger partial charge in [0.15, 0.2) is 0 Å². The number of carbonyl (C=O) groups is 2. The first-order valence-electron chi connectivity index (χ1n) is 10.6. The Bertz CT molecular complexity index is 1060. The van der Waals surface area contributed by atoms with E-state index in [-0.39, 0.29) is 11.3 Å². The number of hydrogen-bond acceptors (Lipinski definition) is 7. The molecule has 0 saturated carbocycles. The maximum absolute atomic E-state index is 13.2. The smallest absolute Gasteiger partial charge is 0.295 e. The number of methoxy groups -OCH3 is 3. The van der Waals surface area contributed by atoms with Gasteiger partial charge in [0, 0.05) is 17.7 Å². The molecule has 33 heavy (non-hydrogen) atoms. The van der Waals surface area contributed by atoms with Crippen LogP contribution in [0.1, 0.15) is 23.6 Å². The van der Waals surface area contributed by atoms with Crippen LogP contribution in [-0.2, 0) is 9.59 Å². The second-order valence-corrected chi connectivity index (χ2v) is 7.99. The van der Waals surface area contributed by atoms with Gasteiger partial charge in [-0.3, -0.25) is 9.59 Å². The first-order chi connectivity index (χ1) is 15.8. The molecule has 1 N–H and O–H groups in total. The second-order valence-electron chi connectivity index (χ2n) is 7.99. The second kappa shape index (κ2) is 10.4. The Morgan fingerprint density at radius 2 is 1.70 bits per heavy atom. The zero-order chi connectivity index (χ0) is 24.1. The van der Waals surface area contributed by atoms with Gasteiger partial charge in [-0.25, -0.2) is 0 Å². The monoisotopic (exact) mass is 454 g/mol. The van der Waals surface area contributed by atoms with E-state index in [0.29, 0.717) is 41.3 Å². The van der Waals surface area contributed by atoms with Crippen LogP contribution < -0.4 is 14.2 Å². The van der Waals surface area contributed by atoms with Gasteiger partial charge in [0.2, 0.25) is 0 Å². The number of amides is 1. The summed E-state index contributed by atoms with van der Waals surface area (Å²) in [5.74, 6) is -0.113. The van der Waals surface area contributed by atoms with Crippen LogP contribution in [0.25, 0.3) is 5.76 Å². The van der Waals surface area contributed by atoms with E-state index in [4.69, 9.17) is 14.2 Å². The van der Waals surface area contributed by atoms with Crippen LogP contribution >= 0.6 is 0 Å². The van der Waals surface area contributed by atoms with Crippen molar-refractivity contribution >= 4 is 17.4 Å². The number of ether oxygens (including phenoxy) is 3. The van der Waals surface area contributed by atoms with Crippen molar-refractivity contribution < 1.29 is 28.9 Å². The standard InChI is InChI=1S/C25H30N2O6/c1-26(2)12-7-13-27-22(19-15-18(32-4)10-11-20(19)33-5)21(24(29)25(27)30)23(28)16-8-6-9-17(14-16)31-3/h6,8-11,14-15,22,28H,7,12-13H2,1-5H3/b23-21+/t22-/m0/s1. The molecule has 8 heteroatoms. The summed E-state index contributed by atoms with van der Waals surface area (Å²) in [6.07, 6.45) is 0.655. The Hall–Kier alpha value is -3.52. The highest BCUT2D eigenvalue weighted by atomic mass is 16.5. The summed E-state index contributed by atoms with van der Waals surface area (Å²) in [5, 5.41) is 11.2. The van der Waals surface area contributed by atoms with Crippen molar-refractivity contribution in [3.63, 3.8) is 0 Å². The molecule has 1 heterocycles. The molecule has 176 valence electrons. The molecule has 8 nitrogen and oxygen atoms in total. The van der Waals surface area contributed by atoms with Gasteiger partial charge >= 0.3 is 0 Å². The van der Waals surface area contributed by atoms with E-state index in [0.717, 1.165) is 6.54 Å². The summed E-state index contributed by atoms with van der Waals surface area (Å²) < 4.78 is 16.2. The van der Waals surface area contributed by atoms with Crippen molar-refractivity contribution in [2.24, 2.45) is 0 Å². The van der Waals surface area contributed by atoms with Gasteiger partial charge in [-0.1, -0.05) is 12.1 Å². The third-order valence-electron chi connectivity index (χ3n) is 5.62. The molecular weight excluding hydrogens is 424 g/mol. The maximum atomic E-state index is 13.2. The molecule has 2 aromatic rings. The van der Waals surface area contributed by atoms with Crippen LogP contribution in [0.3, 0.4) is 0 Å². The van der Waals surface area contributed by atoms with Crippen molar-refractivity contribution in [1.82, 2.24) is 9.80 Å². The van der Waals surface area contributed by atoms with Crippen LogP contribution in [0, 0.1) is 0 Å². The number of carbonyl (C=O) groups excluding carboxylic acids is 2. The van der Waals surface area contributed by atoms with Gasteiger partial charge in [-0.2, -0.15) is 0 Å². The number of rotatable bonds is 9. The molecule has 0 radical (unpaired) electrons. The Morgan fingerprint density at radius 1 is 1.00 bits per heavy atom. The van der Waals surface area contributed by atoms with Crippen molar-refractivity contribution in [3.05, 3.63) is 59.2 Å². The quantitative estimate of drug-likeness (QED) is 0.354. The number of Topliss-reactive ketones (excluding diaryl/α,β-unsaturated/α-hetero) is 1. The Morgan fingerprint density at radius 3 is 2.33 bits per heavy atom. The van der Waals surface area contributed by atoms with Crippen molar-refractivity contribution in [2.75, 3.05) is 48.5 Å². The molecule has 0 unspecified atom stereocenters. The van der Waals surface area contributed by atoms with E-state index >= 15 is 0 Å². The minimum absolute atomic E-state index is 0.00431. The fourth-order valence-electron chi connectivity index (χ4n) is 3.97. The molecule has 0 aromatic heterocycles. The van der Waals surface area contributed by atoms with Crippen molar-refractivity contribution in [1.29, 1.82) is 0 Å². The normalized spacial score (nSPS) is 17.5. The van der Waals surface area contributed by atoms with Gasteiger partial charge < -0.3 is 29.1 Å². The van der Waals surface area contributed by atoms with E-state index in [1.54, 1.807) is 42.5 Å². The summed E-state index contributed by atoms with van der Waals surface area (Å²) in [6, 6.07) is 11.1. The first-order valence-corrected chi connectivity index (χ1v) is 10.6. The fourth-order valence-corrected chi connectivity index (χ4v) is 3.97. The van der Waals surface area contributed by atoms with E-state index in [2.05, 4.69) is 0 Å². The molecule has 0 aliphatic carbocycles. The van der Waals surface area contributed by atoms with E-state index in [9.17, 15) is 14.7 Å². The summed E-state index contributed by atoms with van der Waals surface area (Å²) in [7, 11) is 8.46. The molecule has 0 spiro atoms. The summed E-state index contributed by atoms with van der Waals surface area (Å²) in [4.78, 5) is 29.8. The van der Waals surface area contributed by atoms with Crippen LogP contribution in [0.4, 0.5) is 0 Å². The largest absolute Gasteiger partial charge is 0.507 e. The Balaban J connectivity index is 2.20. The highest BCUT2D eigenvalue weighted by molar-refractivity contribution is 6.46. The molecule has 1 aliphatic heterocycles. The zero-order valence-electron chi connectivity index (χ0n) is 19.6. The van der Waals surface area contributed by atoms with Gasteiger partial charge in [0.05, 0.1) is 32.9 Å². The highest BCUT2D eigenvalue weighted by Crippen LogP contribution is 2.44. The molecule has 0 bridgehead atoms. The third kappa shape index (κ3) is 4.96.